The van der Waals surface area contributed by atoms with Crippen LogP contribution in [-0.4, -0.2) is 26.3 Å². The molecule has 0 radical (unpaired) electrons. The van der Waals surface area contributed by atoms with Crippen LogP contribution in [0.4, 0.5) is 0 Å². The summed E-state index contributed by atoms with van der Waals surface area (Å²) in [5.41, 5.74) is 1.33. The van der Waals surface area contributed by atoms with Crippen LogP contribution in [0, 0.1) is 0 Å². The minimum absolute atomic E-state index is 0.598. The van der Waals surface area contributed by atoms with Crippen LogP contribution >= 0.6 is 0 Å². The highest BCUT2D eigenvalue weighted by atomic mass is 16.5. The lowest BCUT2D eigenvalue weighted by Crippen LogP contribution is -2.24. The topological polar surface area (TPSA) is 30.5 Å². The zero-order valence-electron chi connectivity index (χ0n) is 11.4. The molecule has 3 heteroatoms. The van der Waals surface area contributed by atoms with Crippen molar-refractivity contribution >= 4 is 0 Å². The van der Waals surface area contributed by atoms with E-state index in [4.69, 9.17) is 9.47 Å². The van der Waals surface area contributed by atoms with Crippen LogP contribution in [0.25, 0.3) is 0 Å². The van der Waals surface area contributed by atoms with Gasteiger partial charge in [-0.15, -0.1) is 0 Å². The highest BCUT2D eigenvalue weighted by Gasteiger charge is 2.11. The first kappa shape index (κ1) is 13.2. The SMILES string of the molecule is CCC(CCc1ccc2c(c1)OCCCO2)NC. The van der Waals surface area contributed by atoms with E-state index in [2.05, 4.69) is 24.4 Å². The molecular weight excluding hydrogens is 226 g/mol. The molecule has 1 unspecified atom stereocenters. The van der Waals surface area contributed by atoms with Crippen LogP contribution in [0.5, 0.6) is 11.5 Å². The van der Waals surface area contributed by atoms with Crippen molar-refractivity contribution in [1.29, 1.82) is 0 Å². The summed E-state index contributed by atoms with van der Waals surface area (Å²) in [6, 6.07) is 6.91. The molecule has 3 nitrogen and oxygen atoms in total. The van der Waals surface area contributed by atoms with Gasteiger partial charge in [-0.05, 0) is 44.0 Å². The zero-order chi connectivity index (χ0) is 12.8. The van der Waals surface area contributed by atoms with E-state index in [0.717, 1.165) is 44.0 Å². The molecule has 1 aliphatic heterocycles. The predicted octanol–water partition coefficient (Wildman–Crippen LogP) is 2.78. The molecular formula is C15H23NO2. The minimum atomic E-state index is 0.598. The molecule has 1 aromatic carbocycles. The first-order chi connectivity index (χ1) is 8.83. The Morgan fingerprint density at radius 1 is 1.22 bits per heavy atom. The molecule has 1 aliphatic rings. The Bertz CT molecular complexity index is 375. The van der Waals surface area contributed by atoms with Gasteiger partial charge in [0.1, 0.15) is 0 Å². The maximum atomic E-state index is 5.71. The molecule has 100 valence electrons. The number of fused-ring (bicyclic) bond motifs is 1. The summed E-state index contributed by atoms with van der Waals surface area (Å²) in [6.45, 7) is 3.73. The molecule has 1 aromatic rings. The molecule has 18 heavy (non-hydrogen) atoms. The number of aryl methyl sites for hydroxylation is 1. The lowest BCUT2D eigenvalue weighted by atomic mass is 10.0. The lowest BCUT2D eigenvalue weighted by molar-refractivity contribution is 0.297. The van der Waals surface area contributed by atoms with Crippen LogP contribution in [0.3, 0.4) is 0 Å². The fourth-order valence-electron chi connectivity index (χ4n) is 2.26. The molecule has 0 bridgehead atoms. The highest BCUT2D eigenvalue weighted by Crippen LogP contribution is 2.30. The fraction of sp³-hybridized carbons (Fsp3) is 0.600. The average molecular weight is 249 g/mol. The van der Waals surface area contributed by atoms with E-state index in [1.165, 1.54) is 12.0 Å². The Morgan fingerprint density at radius 3 is 2.72 bits per heavy atom. The summed E-state index contributed by atoms with van der Waals surface area (Å²) in [7, 11) is 2.03. The summed E-state index contributed by atoms with van der Waals surface area (Å²) >= 11 is 0. The predicted molar refractivity (Wildman–Crippen MR) is 73.5 cm³/mol. The van der Waals surface area contributed by atoms with Gasteiger partial charge in [0.15, 0.2) is 11.5 Å². The number of hydrogen-bond acceptors (Lipinski definition) is 3. The zero-order valence-corrected chi connectivity index (χ0v) is 11.4. The second kappa shape index (κ2) is 6.64. The fourth-order valence-corrected chi connectivity index (χ4v) is 2.26. The van der Waals surface area contributed by atoms with Crippen molar-refractivity contribution in [3.05, 3.63) is 23.8 Å². The molecule has 0 amide bonds. The van der Waals surface area contributed by atoms with E-state index in [0.29, 0.717) is 6.04 Å². The van der Waals surface area contributed by atoms with Gasteiger partial charge in [0.25, 0.3) is 0 Å². The number of nitrogens with one attached hydrogen (secondary N) is 1. The van der Waals surface area contributed by atoms with E-state index in [-0.39, 0.29) is 0 Å². The standard InChI is InChI=1S/C15H23NO2/c1-3-13(16-2)7-5-12-6-8-14-15(11-12)18-10-4-9-17-14/h6,8,11,13,16H,3-5,7,9-10H2,1-2H3. The number of benzene rings is 1. The van der Waals surface area contributed by atoms with E-state index in [9.17, 15) is 0 Å². The third-order valence-electron chi connectivity index (χ3n) is 3.49. The maximum Gasteiger partial charge on any atom is 0.161 e. The van der Waals surface area contributed by atoms with Gasteiger partial charge in [0.05, 0.1) is 13.2 Å². The van der Waals surface area contributed by atoms with Crippen molar-refractivity contribution in [3.63, 3.8) is 0 Å². The summed E-state index contributed by atoms with van der Waals surface area (Å²) in [5.74, 6) is 1.79. The first-order valence-corrected chi connectivity index (χ1v) is 6.89. The Labute approximate surface area is 109 Å². The van der Waals surface area contributed by atoms with E-state index >= 15 is 0 Å². The van der Waals surface area contributed by atoms with Crippen LogP contribution in [0.1, 0.15) is 31.7 Å². The Kier molecular flexibility index (Phi) is 4.88. The molecule has 0 saturated carbocycles. The van der Waals surface area contributed by atoms with Gasteiger partial charge >= 0.3 is 0 Å². The summed E-state index contributed by atoms with van der Waals surface area (Å²) in [5, 5.41) is 3.34. The average Bonchev–Trinajstić information content (AvgIpc) is 2.64. The van der Waals surface area contributed by atoms with Gasteiger partial charge in [-0.1, -0.05) is 13.0 Å². The van der Waals surface area contributed by atoms with Crippen molar-refractivity contribution in [2.45, 2.75) is 38.6 Å². The minimum Gasteiger partial charge on any atom is -0.490 e. The Hall–Kier alpha value is -1.22. The molecule has 0 spiro atoms. The van der Waals surface area contributed by atoms with Crippen molar-refractivity contribution in [2.75, 3.05) is 20.3 Å². The van der Waals surface area contributed by atoms with Crippen molar-refractivity contribution in [1.82, 2.24) is 5.32 Å². The number of ether oxygens (including phenoxy) is 2. The van der Waals surface area contributed by atoms with Gasteiger partial charge < -0.3 is 14.8 Å². The van der Waals surface area contributed by atoms with Crippen molar-refractivity contribution in [3.8, 4) is 11.5 Å². The number of rotatable bonds is 5. The Balaban J connectivity index is 1.99. The molecule has 1 N–H and O–H groups in total. The van der Waals surface area contributed by atoms with Crippen LogP contribution in [0.2, 0.25) is 0 Å². The third-order valence-corrected chi connectivity index (χ3v) is 3.49. The summed E-state index contributed by atoms with van der Waals surface area (Å²) in [6.07, 6.45) is 4.37. The maximum absolute atomic E-state index is 5.71. The first-order valence-electron chi connectivity index (χ1n) is 6.89. The van der Waals surface area contributed by atoms with Gasteiger partial charge in [-0.3, -0.25) is 0 Å². The lowest BCUT2D eigenvalue weighted by Gasteiger charge is -2.14. The monoisotopic (exact) mass is 249 g/mol. The van der Waals surface area contributed by atoms with Gasteiger partial charge in [-0.25, -0.2) is 0 Å². The Morgan fingerprint density at radius 2 is 2.00 bits per heavy atom. The smallest absolute Gasteiger partial charge is 0.161 e. The molecule has 0 fully saturated rings. The van der Waals surface area contributed by atoms with E-state index in [1.54, 1.807) is 0 Å². The number of hydrogen-bond donors (Lipinski definition) is 1. The third kappa shape index (κ3) is 3.39. The van der Waals surface area contributed by atoms with Gasteiger partial charge in [0, 0.05) is 12.5 Å². The van der Waals surface area contributed by atoms with Crippen molar-refractivity contribution in [2.24, 2.45) is 0 Å². The molecule has 2 rings (SSSR count). The van der Waals surface area contributed by atoms with Crippen LogP contribution < -0.4 is 14.8 Å². The highest BCUT2D eigenvalue weighted by molar-refractivity contribution is 5.43. The van der Waals surface area contributed by atoms with Gasteiger partial charge in [0.2, 0.25) is 0 Å². The quantitative estimate of drug-likeness (QED) is 0.870. The summed E-state index contributed by atoms with van der Waals surface area (Å²) in [4.78, 5) is 0. The second-order valence-electron chi connectivity index (χ2n) is 4.76. The normalized spacial score (nSPS) is 16.1. The van der Waals surface area contributed by atoms with Gasteiger partial charge in [-0.2, -0.15) is 0 Å². The van der Waals surface area contributed by atoms with E-state index < -0.39 is 0 Å². The van der Waals surface area contributed by atoms with Crippen LogP contribution in [0.15, 0.2) is 18.2 Å². The molecule has 1 atom stereocenters. The summed E-state index contributed by atoms with van der Waals surface area (Å²) < 4.78 is 11.3. The molecule has 0 aliphatic carbocycles. The van der Waals surface area contributed by atoms with E-state index in [1.807, 2.05) is 13.1 Å². The molecule has 0 saturated heterocycles. The van der Waals surface area contributed by atoms with Crippen molar-refractivity contribution < 1.29 is 9.47 Å². The molecule has 0 aromatic heterocycles. The largest absolute Gasteiger partial charge is 0.490 e. The molecule has 1 heterocycles. The van der Waals surface area contributed by atoms with Crippen LogP contribution in [-0.2, 0) is 6.42 Å². The second-order valence-corrected chi connectivity index (χ2v) is 4.76.